The minimum absolute atomic E-state index is 0.295. The van der Waals surface area contributed by atoms with Crippen molar-refractivity contribution < 1.29 is 13.2 Å². The second-order valence-corrected chi connectivity index (χ2v) is 9.63. The Kier molecular flexibility index (Phi) is 3.72. The molecule has 0 radical (unpaired) electrons. The van der Waals surface area contributed by atoms with Gasteiger partial charge in [0.05, 0.1) is 5.75 Å². The molecule has 0 spiro atoms. The van der Waals surface area contributed by atoms with Gasteiger partial charge < -0.3 is 4.90 Å². The Labute approximate surface area is 133 Å². The lowest BCUT2D eigenvalue weighted by Crippen LogP contribution is -2.57. The SMILES string of the molecule is O=C1CC[C@@H]2CN(S(=O)(=O)CC3CCC3)CC[C@H]2N1C1CC1. The zero-order valence-electron chi connectivity index (χ0n) is 13.1. The van der Waals surface area contributed by atoms with Gasteiger partial charge >= 0.3 is 0 Å². The number of likely N-dealkylation sites (tertiary alicyclic amines) is 1. The van der Waals surface area contributed by atoms with E-state index in [2.05, 4.69) is 4.90 Å². The van der Waals surface area contributed by atoms with E-state index in [0.717, 1.165) is 38.5 Å². The van der Waals surface area contributed by atoms with E-state index in [0.29, 0.717) is 55.1 Å². The van der Waals surface area contributed by atoms with Crippen molar-refractivity contribution in [1.82, 2.24) is 9.21 Å². The second-order valence-electron chi connectivity index (χ2n) is 7.62. The molecule has 0 unspecified atom stereocenters. The van der Waals surface area contributed by atoms with Gasteiger partial charge in [0, 0.05) is 31.6 Å². The molecule has 4 rings (SSSR count). The van der Waals surface area contributed by atoms with E-state index in [4.69, 9.17) is 0 Å². The average molecular weight is 326 g/mol. The van der Waals surface area contributed by atoms with Crippen molar-refractivity contribution >= 4 is 15.9 Å². The topological polar surface area (TPSA) is 57.7 Å². The zero-order valence-corrected chi connectivity index (χ0v) is 13.9. The lowest BCUT2D eigenvalue weighted by molar-refractivity contribution is -0.141. The summed E-state index contributed by atoms with van der Waals surface area (Å²) in [5.41, 5.74) is 0. The van der Waals surface area contributed by atoms with Crippen LogP contribution in [0.4, 0.5) is 0 Å². The Bertz CT molecular complexity index is 554. The van der Waals surface area contributed by atoms with Crippen molar-refractivity contribution in [2.45, 2.75) is 63.5 Å². The molecule has 22 heavy (non-hydrogen) atoms. The third-order valence-corrected chi connectivity index (χ3v) is 8.05. The number of piperidine rings is 2. The van der Waals surface area contributed by atoms with Gasteiger partial charge in [0.15, 0.2) is 0 Å². The molecule has 5 nitrogen and oxygen atoms in total. The van der Waals surface area contributed by atoms with Gasteiger partial charge in [0.1, 0.15) is 0 Å². The van der Waals surface area contributed by atoms with E-state index in [1.54, 1.807) is 4.31 Å². The number of amides is 1. The Morgan fingerprint density at radius 3 is 2.45 bits per heavy atom. The van der Waals surface area contributed by atoms with Crippen LogP contribution in [0.5, 0.6) is 0 Å². The molecule has 2 heterocycles. The molecular weight excluding hydrogens is 300 g/mol. The molecule has 0 aromatic rings. The minimum Gasteiger partial charge on any atom is -0.336 e. The van der Waals surface area contributed by atoms with Crippen molar-refractivity contribution in [1.29, 1.82) is 0 Å². The number of hydrogen-bond acceptors (Lipinski definition) is 3. The highest BCUT2D eigenvalue weighted by Crippen LogP contribution is 2.39. The molecule has 2 saturated heterocycles. The molecular formula is C16H26N2O3S. The fraction of sp³-hybridized carbons (Fsp3) is 0.938. The summed E-state index contributed by atoms with van der Waals surface area (Å²) in [6.45, 7) is 1.24. The summed E-state index contributed by atoms with van der Waals surface area (Å²) in [4.78, 5) is 14.3. The number of nitrogens with zero attached hydrogens (tertiary/aromatic N) is 2. The molecule has 0 aromatic carbocycles. The Hall–Kier alpha value is -0.620. The summed E-state index contributed by atoms with van der Waals surface area (Å²) in [5.74, 6) is 1.38. The number of carbonyl (C=O) groups excluding carboxylic acids is 1. The lowest BCUT2D eigenvalue weighted by atomic mass is 9.84. The summed E-state index contributed by atoms with van der Waals surface area (Å²) in [6, 6.07) is 0.752. The van der Waals surface area contributed by atoms with Crippen LogP contribution in [0.3, 0.4) is 0 Å². The Morgan fingerprint density at radius 2 is 1.82 bits per heavy atom. The van der Waals surface area contributed by atoms with Crippen molar-refractivity contribution in [2.24, 2.45) is 11.8 Å². The molecule has 4 aliphatic rings. The van der Waals surface area contributed by atoms with Gasteiger partial charge in [-0.2, -0.15) is 0 Å². The maximum atomic E-state index is 12.6. The summed E-state index contributed by atoms with van der Waals surface area (Å²) < 4.78 is 26.9. The van der Waals surface area contributed by atoms with Crippen LogP contribution in [-0.4, -0.2) is 54.5 Å². The molecule has 0 N–H and O–H groups in total. The van der Waals surface area contributed by atoms with E-state index < -0.39 is 10.0 Å². The maximum absolute atomic E-state index is 12.6. The predicted molar refractivity (Wildman–Crippen MR) is 83.7 cm³/mol. The van der Waals surface area contributed by atoms with Gasteiger partial charge in [0.2, 0.25) is 15.9 Å². The number of carbonyl (C=O) groups is 1. The molecule has 0 aromatic heterocycles. The first kappa shape index (κ1) is 14.9. The fourth-order valence-corrected chi connectivity index (χ4v) is 6.34. The largest absolute Gasteiger partial charge is 0.336 e. The highest BCUT2D eigenvalue weighted by molar-refractivity contribution is 7.89. The monoisotopic (exact) mass is 326 g/mol. The van der Waals surface area contributed by atoms with Crippen molar-refractivity contribution in [3.8, 4) is 0 Å². The molecule has 4 fully saturated rings. The van der Waals surface area contributed by atoms with Gasteiger partial charge in [-0.1, -0.05) is 6.42 Å². The Morgan fingerprint density at radius 1 is 1.05 bits per heavy atom. The van der Waals surface area contributed by atoms with Gasteiger partial charge in [-0.15, -0.1) is 0 Å². The third kappa shape index (κ3) is 2.68. The first-order valence-corrected chi connectivity index (χ1v) is 10.4. The maximum Gasteiger partial charge on any atom is 0.223 e. The first-order chi connectivity index (χ1) is 10.5. The van der Waals surface area contributed by atoms with Crippen LogP contribution >= 0.6 is 0 Å². The number of fused-ring (bicyclic) bond motifs is 1. The summed E-state index contributed by atoms with van der Waals surface area (Å²) in [7, 11) is -3.10. The van der Waals surface area contributed by atoms with Crippen LogP contribution in [0.1, 0.15) is 51.4 Å². The minimum atomic E-state index is -3.10. The molecule has 124 valence electrons. The van der Waals surface area contributed by atoms with Crippen LogP contribution in [0.15, 0.2) is 0 Å². The normalized spacial score (nSPS) is 34.4. The van der Waals surface area contributed by atoms with Crippen LogP contribution in [-0.2, 0) is 14.8 Å². The second kappa shape index (κ2) is 5.48. The summed E-state index contributed by atoms with van der Waals surface area (Å²) in [5, 5.41) is 0. The van der Waals surface area contributed by atoms with Crippen LogP contribution in [0.2, 0.25) is 0 Å². The Balaban J connectivity index is 1.44. The van der Waals surface area contributed by atoms with Gasteiger partial charge in [-0.3, -0.25) is 4.79 Å². The highest BCUT2D eigenvalue weighted by Gasteiger charge is 2.46. The standard InChI is InChI=1S/C16H26N2O3S/c19-16-7-4-13-10-17(22(20,21)11-12-2-1-3-12)9-8-15(13)18(16)14-5-6-14/h12-15H,1-11H2/t13-,15-/m1/s1. The van der Waals surface area contributed by atoms with Gasteiger partial charge in [-0.05, 0) is 50.4 Å². The van der Waals surface area contributed by atoms with E-state index in [1.165, 1.54) is 6.42 Å². The molecule has 2 saturated carbocycles. The molecule has 0 bridgehead atoms. The lowest BCUT2D eigenvalue weighted by Gasteiger charge is -2.47. The third-order valence-electron chi connectivity index (χ3n) is 6.04. The quantitative estimate of drug-likeness (QED) is 0.788. The fourth-order valence-electron chi connectivity index (χ4n) is 4.40. The smallest absolute Gasteiger partial charge is 0.223 e. The van der Waals surface area contributed by atoms with E-state index >= 15 is 0 Å². The summed E-state index contributed by atoms with van der Waals surface area (Å²) in [6.07, 6.45) is 7.90. The van der Waals surface area contributed by atoms with Crippen LogP contribution < -0.4 is 0 Å². The number of sulfonamides is 1. The highest BCUT2D eigenvalue weighted by atomic mass is 32.2. The first-order valence-electron chi connectivity index (χ1n) is 8.83. The van der Waals surface area contributed by atoms with Crippen molar-refractivity contribution in [2.75, 3.05) is 18.8 Å². The van der Waals surface area contributed by atoms with E-state index in [9.17, 15) is 13.2 Å². The molecule has 1 amide bonds. The summed E-state index contributed by atoms with van der Waals surface area (Å²) >= 11 is 0. The molecule has 6 heteroatoms. The van der Waals surface area contributed by atoms with E-state index in [1.807, 2.05) is 0 Å². The number of hydrogen-bond donors (Lipinski definition) is 0. The molecule has 2 atom stereocenters. The van der Waals surface area contributed by atoms with Crippen LogP contribution in [0, 0.1) is 11.8 Å². The van der Waals surface area contributed by atoms with Gasteiger partial charge in [0.25, 0.3) is 0 Å². The zero-order chi connectivity index (χ0) is 15.3. The average Bonchev–Trinajstić information content (AvgIpc) is 3.27. The number of rotatable bonds is 4. The van der Waals surface area contributed by atoms with Crippen molar-refractivity contribution in [3.63, 3.8) is 0 Å². The van der Waals surface area contributed by atoms with E-state index in [-0.39, 0.29) is 0 Å². The van der Waals surface area contributed by atoms with Crippen LogP contribution in [0.25, 0.3) is 0 Å². The molecule has 2 aliphatic carbocycles. The molecule has 2 aliphatic heterocycles. The predicted octanol–water partition coefficient (Wildman–Crippen LogP) is 1.59. The van der Waals surface area contributed by atoms with Crippen molar-refractivity contribution in [3.05, 3.63) is 0 Å². The van der Waals surface area contributed by atoms with Gasteiger partial charge in [-0.25, -0.2) is 12.7 Å².